The summed E-state index contributed by atoms with van der Waals surface area (Å²) in [4.78, 5) is 10.1. The summed E-state index contributed by atoms with van der Waals surface area (Å²) in [6.07, 6.45) is 0. The smallest absolute Gasteiger partial charge is 0.270 e. The monoisotopic (exact) mass is 338 g/mol. The number of phenols is 1. The van der Waals surface area contributed by atoms with Crippen molar-refractivity contribution < 1.29 is 38.5 Å². The molecule has 0 saturated heterocycles. The number of halogens is 1. The molecule has 0 saturated carbocycles. The molecule has 0 aliphatic carbocycles. The number of non-ortho nitro benzene ring substituents is 1. The molecule has 0 bridgehead atoms. The highest BCUT2D eigenvalue weighted by molar-refractivity contribution is 5.42. The van der Waals surface area contributed by atoms with Crippen molar-refractivity contribution in [3.63, 3.8) is 0 Å². The highest BCUT2D eigenvalue weighted by Gasteiger charge is 2.16. The maximum absolute atomic E-state index is 10.5. The fourth-order valence-electron chi connectivity index (χ4n) is 1.32. The van der Waals surface area contributed by atoms with Crippen LogP contribution in [0.5, 0.6) is 5.75 Å². The van der Waals surface area contributed by atoms with E-state index in [9.17, 15) is 15.2 Å². The Labute approximate surface area is 111 Å². The standard InChI is InChI=1S/C10H14N2O3.HI/c1-12(2,3)7-8-6-9(11(14)15)4-5-10(8)13;/h4-6H,7H2,1-3H3;1H. The molecule has 1 N–H and O–H groups in total. The van der Waals surface area contributed by atoms with Gasteiger partial charge in [-0.1, -0.05) is 0 Å². The summed E-state index contributed by atoms with van der Waals surface area (Å²) in [5.74, 6) is 0.105. The minimum atomic E-state index is -0.460. The molecule has 1 aromatic carbocycles. The van der Waals surface area contributed by atoms with Gasteiger partial charge in [0.25, 0.3) is 5.69 Å². The van der Waals surface area contributed by atoms with E-state index in [0.717, 1.165) is 0 Å². The fourth-order valence-corrected chi connectivity index (χ4v) is 1.32. The third-order valence-corrected chi connectivity index (χ3v) is 1.92. The molecule has 5 nitrogen and oxygen atoms in total. The van der Waals surface area contributed by atoms with Gasteiger partial charge in [-0.25, -0.2) is 0 Å². The predicted molar refractivity (Wildman–Crippen MR) is 56.5 cm³/mol. The molecule has 6 heteroatoms. The maximum atomic E-state index is 10.5. The molecule has 0 atom stereocenters. The highest BCUT2D eigenvalue weighted by Crippen LogP contribution is 2.24. The van der Waals surface area contributed by atoms with Gasteiger partial charge in [-0.3, -0.25) is 10.1 Å². The lowest BCUT2D eigenvalue weighted by Gasteiger charge is -2.24. The first-order chi connectivity index (χ1) is 6.79. The molecule has 0 amide bonds. The lowest BCUT2D eigenvalue weighted by molar-refractivity contribution is -0.884. The number of nitro groups is 1. The molecule has 0 spiro atoms. The molecule has 1 aromatic rings. The SMILES string of the molecule is C[N+](C)(C)Cc1cc([N+](=O)[O-])ccc1O.[I-]. The molecule has 0 aliphatic rings. The number of nitrogens with zero attached hydrogens (tertiary/aromatic N) is 2. The van der Waals surface area contributed by atoms with Crippen LogP contribution in [0.15, 0.2) is 18.2 Å². The Bertz CT molecular complexity index is 388. The Balaban J connectivity index is 0.00000225. The molecule has 0 aliphatic heterocycles. The van der Waals surface area contributed by atoms with E-state index in [-0.39, 0.29) is 35.4 Å². The molecule has 0 aromatic heterocycles. The van der Waals surface area contributed by atoms with Crippen LogP contribution in [-0.2, 0) is 6.54 Å². The minimum Gasteiger partial charge on any atom is -1.00 e. The Morgan fingerprint density at radius 2 is 1.94 bits per heavy atom. The van der Waals surface area contributed by atoms with Crippen molar-refractivity contribution in [2.75, 3.05) is 21.1 Å². The van der Waals surface area contributed by atoms with Crippen molar-refractivity contribution >= 4 is 5.69 Å². The number of phenolic OH excluding ortho intramolecular Hbond substituents is 1. The van der Waals surface area contributed by atoms with Crippen LogP contribution in [0.2, 0.25) is 0 Å². The Morgan fingerprint density at radius 3 is 2.38 bits per heavy atom. The van der Waals surface area contributed by atoms with Gasteiger partial charge in [-0.15, -0.1) is 0 Å². The van der Waals surface area contributed by atoms with E-state index >= 15 is 0 Å². The third kappa shape index (κ3) is 4.31. The van der Waals surface area contributed by atoms with Gasteiger partial charge in [0.2, 0.25) is 0 Å². The number of hydrogen-bond donors (Lipinski definition) is 1. The van der Waals surface area contributed by atoms with E-state index in [0.29, 0.717) is 16.6 Å². The molecule has 90 valence electrons. The maximum Gasteiger partial charge on any atom is 0.270 e. The number of nitro benzene ring substituents is 1. The molecule has 1 rings (SSSR count). The summed E-state index contributed by atoms with van der Waals surface area (Å²) in [6.45, 7) is 0.549. The second-order valence-corrected chi connectivity index (χ2v) is 4.52. The Kier molecular flexibility index (Phi) is 5.14. The lowest BCUT2D eigenvalue weighted by Crippen LogP contribution is -3.00. The topological polar surface area (TPSA) is 63.4 Å². The molecule has 0 fully saturated rings. The van der Waals surface area contributed by atoms with Crippen LogP contribution in [0, 0.1) is 10.1 Å². The van der Waals surface area contributed by atoms with Gasteiger partial charge >= 0.3 is 0 Å². The summed E-state index contributed by atoms with van der Waals surface area (Å²) in [6, 6.07) is 4.08. The molecule has 0 radical (unpaired) electrons. The number of aromatic hydroxyl groups is 1. The molecule has 0 heterocycles. The van der Waals surface area contributed by atoms with Crippen molar-refractivity contribution in [1.29, 1.82) is 0 Å². The fraction of sp³-hybridized carbons (Fsp3) is 0.400. The number of quaternary nitrogens is 1. The normalized spacial score (nSPS) is 10.7. The summed E-state index contributed by atoms with van der Waals surface area (Å²) in [7, 11) is 5.87. The van der Waals surface area contributed by atoms with Gasteiger partial charge in [0.15, 0.2) is 0 Å². The Hall–Kier alpha value is -0.890. The molecular weight excluding hydrogens is 323 g/mol. The van der Waals surface area contributed by atoms with E-state index in [2.05, 4.69) is 0 Å². The third-order valence-electron chi connectivity index (χ3n) is 1.92. The largest absolute Gasteiger partial charge is 1.00 e. The van der Waals surface area contributed by atoms with Crippen molar-refractivity contribution in [3.05, 3.63) is 33.9 Å². The van der Waals surface area contributed by atoms with Crippen LogP contribution in [0.3, 0.4) is 0 Å². The summed E-state index contributed by atoms with van der Waals surface area (Å²) < 4.78 is 0.606. The van der Waals surface area contributed by atoms with Crippen LogP contribution in [-0.4, -0.2) is 35.7 Å². The van der Waals surface area contributed by atoms with E-state index in [1.165, 1.54) is 18.2 Å². The number of benzene rings is 1. The second-order valence-electron chi connectivity index (χ2n) is 4.52. The van der Waals surface area contributed by atoms with E-state index in [1.807, 2.05) is 21.1 Å². The van der Waals surface area contributed by atoms with Crippen molar-refractivity contribution in [2.24, 2.45) is 0 Å². The van der Waals surface area contributed by atoms with Crippen molar-refractivity contribution in [1.82, 2.24) is 0 Å². The summed E-state index contributed by atoms with van der Waals surface area (Å²) in [5, 5.41) is 20.1. The minimum absolute atomic E-state index is 0. The first-order valence-corrected chi connectivity index (χ1v) is 4.56. The summed E-state index contributed by atoms with van der Waals surface area (Å²) in [5.41, 5.74) is 0.605. The highest BCUT2D eigenvalue weighted by atomic mass is 127. The zero-order valence-corrected chi connectivity index (χ0v) is 11.6. The molecule has 16 heavy (non-hydrogen) atoms. The van der Waals surface area contributed by atoms with E-state index in [4.69, 9.17) is 0 Å². The number of hydrogen-bond acceptors (Lipinski definition) is 3. The Morgan fingerprint density at radius 1 is 1.38 bits per heavy atom. The molecule has 0 unspecified atom stereocenters. The van der Waals surface area contributed by atoms with E-state index in [1.54, 1.807) is 0 Å². The zero-order chi connectivity index (χ0) is 11.6. The van der Waals surface area contributed by atoms with Crippen LogP contribution in [0.4, 0.5) is 5.69 Å². The van der Waals surface area contributed by atoms with Crippen LogP contribution in [0.25, 0.3) is 0 Å². The second kappa shape index (κ2) is 5.44. The lowest BCUT2D eigenvalue weighted by atomic mass is 10.1. The molecular formula is C10H15IN2O3. The van der Waals surface area contributed by atoms with Gasteiger partial charge in [0.1, 0.15) is 12.3 Å². The van der Waals surface area contributed by atoms with Crippen molar-refractivity contribution in [2.45, 2.75) is 6.54 Å². The quantitative estimate of drug-likeness (QED) is 0.316. The van der Waals surface area contributed by atoms with Gasteiger partial charge in [0, 0.05) is 12.1 Å². The number of rotatable bonds is 3. The van der Waals surface area contributed by atoms with E-state index < -0.39 is 4.92 Å². The van der Waals surface area contributed by atoms with Crippen LogP contribution in [0.1, 0.15) is 5.56 Å². The first-order valence-electron chi connectivity index (χ1n) is 4.56. The predicted octanol–water partition coefficient (Wildman–Crippen LogP) is -1.49. The van der Waals surface area contributed by atoms with Crippen LogP contribution >= 0.6 is 0 Å². The average molecular weight is 338 g/mol. The van der Waals surface area contributed by atoms with Crippen molar-refractivity contribution in [3.8, 4) is 5.75 Å². The van der Waals surface area contributed by atoms with Gasteiger partial charge < -0.3 is 33.6 Å². The van der Waals surface area contributed by atoms with Crippen LogP contribution < -0.4 is 24.0 Å². The summed E-state index contributed by atoms with van der Waals surface area (Å²) >= 11 is 0. The van der Waals surface area contributed by atoms with Gasteiger partial charge in [-0.05, 0) is 6.07 Å². The zero-order valence-electron chi connectivity index (χ0n) is 9.48. The first kappa shape index (κ1) is 15.1. The van der Waals surface area contributed by atoms with Gasteiger partial charge in [0.05, 0.1) is 31.6 Å². The van der Waals surface area contributed by atoms with Gasteiger partial charge in [-0.2, -0.15) is 0 Å². The average Bonchev–Trinajstić information content (AvgIpc) is 2.06.